The van der Waals surface area contributed by atoms with E-state index in [9.17, 15) is 4.79 Å². The maximum atomic E-state index is 11.2. The van der Waals surface area contributed by atoms with E-state index >= 15 is 0 Å². The molecule has 16 heavy (non-hydrogen) atoms. The van der Waals surface area contributed by atoms with Gasteiger partial charge in [-0.05, 0) is 0 Å². The van der Waals surface area contributed by atoms with Gasteiger partial charge >= 0.3 is 0 Å². The van der Waals surface area contributed by atoms with Crippen LogP contribution in [0.2, 0.25) is 0 Å². The highest BCUT2D eigenvalue weighted by Crippen LogP contribution is 2.28. The molecule has 7 nitrogen and oxygen atoms in total. The molecular formula is C9H13N5O2. The van der Waals surface area contributed by atoms with Crippen molar-refractivity contribution in [2.45, 2.75) is 0 Å². The highest BCUT2D eigenvalue weighted by atomic mass is 16.5. The number of rotatable bonds is 4. The molecule has 1 amide bonds. The molecule has 7 heteroatoms. The van der Waals surface area contributed by atoms with Crippen LogP contribution in [0.4, 0.5) is 17.3 Å². The minimum absolute atomic E-state index is 0.0999. The molecule has 0 bridgehead atoms. The van der Waals surface area contributed by atoms with Crippen LogP contribution >= 0.6 is 0 Å². The van der Waals surface area contributed by atoms with E-state index in [-0.39, 0.29) is 12.5 Å². The van der Waals surface area contributed by atoms with Gasteiger partial charge in [0.05, 0.1) is 13.2 Å². The Bertz CT molecular complexity index is 395. The molecule has 86 valence electrons. The fourth-order valence-electron chi connectivity index (χ4n) is 1.39. The van der Waals surface area contributed by atoms with E-state index in [1.807, 2.05) is 0 Å². The van der Waals surface area contributed by atoms with Crippen molar-refractivity contribution in [1.82, 2.24) is 9.97 Å². The van der Waals surface area contributed by atoms with Crippen LogP contribution in [0.15, 0.2) is 6.33 Å². The van der Waals surface area contributed by atoms with Gasteiger partial charge in [0.1, 0.15) is 12.0 Å². The van der Waals surface area contributed by atoms with Gasteiger partial charge < -0.3 is 20.7 Å². The zero-order valence-corrected chi connectivity index (χ0v) is 8.91. The van der Waals surface area contributed by atoms with Gasteiger partial charge in [0.15, 0.2) is 11.6 Å². The second-order valence-corrected chi connectivity index (χ2v) is 3.27. The Balaban J connectivity index is 2.15. The number of hydrogen-bond donors (Lipinski definition) is 3. The van der Waals surface area contributed by atoms with Gasteiger partial charge in [-0.25, -0.2) is 9.97 Å². The molecule has 0 atom stereocenters. The lowest BCUT2D eigenvalue weighted by Gasteiger charge is -2.19. The van der Waals surface area contributed by atoms with Crippen LogP contribution in [0.25, 0.3) is 0 Å². The fraction of sp³-hybridized carbons (Fsp3) is 0.444. The maximum Gasteiger partial charge on any atom is 0.243 e. The van der Waals surface area contributed by atoms with Crippen molar-refractivity contribution < 1.29 is 9.53 Å². The monoisotopic (exact) mass is 223 g/mol. The summed E-state index contributed by atoms with van der Waals surface area (Å²) in [5.74, 6) is 1.13. The highest BCUT2D eigenvalue weighted by molar-refractivity contribution is 6.02. The van der Waals surface area contributed by atoms with Gasteiger partial charge in [0.2, 0.25) is 5.91 Å². The predicted octanol–water partition coefficient (Wildman–Crippen LogP) is -0.101. The molecule has 1 aliphatic heterocycles. The van der Waals surface area contributed by atoms with Crippen LogP contribution in [0.5, 0.6) is 0 Å². The molecule has 0 radical (unpaired) electrons. The molecule has 1 aliphatic rings. The minimum Gasteiger partial charge on any atom is -0.383 e. The Morgan fingerprint density at radius 3 is 3.25 bits per heavy atom. The van der Waals surface area contributed by atoms with Crippen molar-refractivity contribution in [3.63, 3.8) is 0 Å². The molecule has 0 saturated heterocycles. The first kappa shape index (κ1) is 10.6. The lowest BCUT2D eigenvalue weighted by molar-refractivity contribution is -0.114. The largest absolute Gasteiger partial charge is 0.383 e. The quantitative estimate of drug-likeness (QED) is 0.618. The van der Waals surface area contributed by atoms with Gasteiger partial charge in [-0.2, -0.15) is 0 Å². The molecule has 0 fully saturated rings. The van der Waals surface area contributed by atoms with Gasteiger partial charge in [0.25, 0.3) is 0 Å². The first-order valence-corrected chi connectivity index (χ1v) is 4.93. The number of anilines is 3. The summed E-state index contributed by atoms with van der Waals surface area (Å²) in [6, 6.07) is 0. The number of carbonyl (C=O) groups excluding carboxylic acids is 1. The lowest BCUT2D eigenvalue weighted by atomic mass is 10.3. The van der Waals surface area contributed by atoms with Crippen LogP contribution in [0, 0.1) is 0 Å². The molecule has 1 aromatic heterocycles. The molecule has 2 rings (SSSR count). The Hall–Kier alpha value is -1.89. The smallest absolute Gasteiger partial charge is 0.243 e. The minimum atomic E-state index is -0.0999. The topological polar surface area (TPSA) is 88.2 Å². The highest BCUT2D eigenvalue weighted by Gasteiger charge is 2.18. The average molecular weight is 223 g/mol. The number of carbonyl (C=O) groups is 1. The summed E-state index contributed by atoms with van der Waals surface area (Å²) in [7, 11) is 1.63. The van der Waals surface area contributed by atoms with Crippen molar-refractivity contribution >= 4 is 23.2 Å². The van der Waals surface area contributed by atoms with Crippen LogP contribution in [0.1, 0.15) is 0 Å². The van der Waals surface area contributed by atoms with Crippen molar-refractivity contribution in [3.05, 3.63) is 6.33 Å². The van der Waals surface area contributed by atoms with E-state index in [0.29, 0.717) is 30.5 Å². The molecule has 0 aromatic carbocycles. The first-order chi connectivity index (χ1) is 7.81. The Kier molecular flexibility index (Phi) is 3.16. The lowest BCUT2D eigenvalue weighted by Crippen LogP contribution is -2.29. The summed E-state index contributed by atoms with van der Waals surface area (Å²) in [6.45, 7) is 1.43. The number of nitrogens with one attached hydrogen (secondary N) is 3. The standard InChI is InChI=1S/C9H13N5O2/c1-16-3-2-10-8-7-9(13-5-12-8)11-4-6(15)14-7/h5H,2-4H2,1H3,(H,14,15)(H2,10,11,12,13). The van der Waals surface area contributed by atoms with E-state index in [2.05, 4.69) is 25.9 Å². The third-order valence-electron chi connectivity index (χ3n) is 2.13. The zero-order chi connectivity index (χ0) is 11.4. The second kappa shape index (κ2) is 4.75. The third kappa shape index (κ3) is 2.19. The molecule has 0 unspecified atom stereocenters. The fourth-order valence-corrected chi connectivity index (χ4v) is 1.39. The Labute approximate surface area is 92.6 Å². The summed E-state index contributed by atoms with van der Waals surface area (Å²) >= 11 is 0. The van der Waals surface area contributed by atoms with Gasteiger partial charge in [-0.15, -0.1) is 0 Å². The number of ether oxygens (including phenoxy) is 1. The zero-order valence-electron chi connectivity index (χ0n) is 8.91. The summed E-state index contributed by atoms with van der Waals surface area (Å²) in [5.41, 5.74) is 0.592. The number of methoxy groups -OCH3 is 1. The van der Waals surface area contributed by atoms with Gasteiger partial charge in [-0.1, -0.05) is 0 Å². The van der Waals surface area contributed by atoms with E-state index in [0.717, 1.165) is 0 Å². The Morgan fingerprint density at radius 2 is 2.44 bits per heavy atom. The van der Waals surface area contributed by atoms with Crippen molar-refractivity contribution in [2.24, 2.45) is 0 Å². The number of amides is 1. The summed E-state index contributed by atoms with van der Waals surface area (Å²) in [6.07, 6.45) is 1.44. The number of fused-ring (bicyclic) bond motifs is 1. The van der Waals surface area contributed by atoms with Crippen LogP contribution in [0.3, 0.4) is 0 Å². The van der Waals surface area contributed by atoms with E-state index in [1.54, 1.807) is 7.11 Å². The summed E-state index contributed by atoms with van der Waals surface area (Å²) in [5, 5.41) is 8.70. The number of aromatic nitrogens is 2. The Morgan fingerprint density at radius 1 is 1.56 bits per heavy atom. The predicted molar refractivity (Wildman–Crippen MR) is 59.5 cm³/mol. The number of nitrogens with zero attached hydrogens (tertiary/aromatic N) is 2. The summed E-state index contributed by atoms with van der Waals surface area (Å²) < 4.78 is 4.92. The molecule has 0 saturated carbocycles. The maximum absolute atomic E-state index is 11.2. The second-order valence-electron chi connectivity index (χ2n) is 3.27. The van der Waals surface area contributed by atoms with Crippen LogP contribution in [-0.4, -0.2) is 42.7 Å². The van der Waals surface area contributed by atoms with Crippen LogP contribution < -0.4 is 16.0 Å². The third-order valence-corrected chi connectivity index (χ3v) is 2.13. The van der Waals surface area contributed by atoms with Gasteiger partial charge in [-0.3, -0.25) is 4.79 Å². The number of hydrogen-bond acceptors (Lipinski definition) is 6. The SMILES string of the molecule is COCCNc1ncnc2c1NC(=O)CN2. The van der Waals surface area contributed by atoms with Crippen molar-refractivity contribution in [1.29, 1.82) is 0 Å². The molecule has 3 N–H and O–H groups in total. The molecule has 0 aliphatic carbocycles. The van der Waals surface area contributed by atoms with E-state index in [1.165, 1.54) is 6.33 Å². The summed E-state index contributed by atoms with van der Waals surface area (Å²) in [4.78, 5) is 19.3. The van der Waals surface area contributed by atoms with E-state index < -0.39 is 0 Å². The van der Waals surface area contributed by atoms with E-state index in [4.69, 9.17) is 4.74 Å². The molecule has 2 heterocycles. The van der Waals surface area contributed by atoms with Crippen molar-refractivity contribution in [2.75, 3.05) is 42.8 Å². The average Bonchev–Trinajstić information content (AvgIpc) is 2.30. The van der Waals surface area contributed by atoms with Gasteiger partial charge in [0, 0.05) is 13.7 Å². The van der Waals surface area contributed by atoms with Crippen molar-refractivity contribution in [3.8, 4) is 0 Å². The first-order valence-electron chi connectivity index (χ1n) is 4.93. The molecular weight excluding hydrogens is 210 g/mol. The molecule has 1 aromatic rings. The normalized spacial score (nSPS) is 13.7. The van der Waals surface area contributed by atoms with Crippen LogP contribution in [-0.2, 0) is 9.53 Å². The molecule has 0 spiro atoms.